The third kappa shape index (κ3) is 3.43. The summed E-state index contributed by atoms with van der Waals surface area (Å²) in [4.78, 5) is 34.1. The summed E-state index contributed by atoms with van der Waals surface area (Å²) < 4.78 is 5.17. The zero-order chi connectivity index (χ0) is 16.3. The maximum Gasteiger partial charge on any atom is 0.319 e. The van der Waals surface area contributed by atoms with Gasteiger partial charge in [-0.2, -0.15) is 0 Å². The number of Topliss-reactive ketones (excluding diaryl/α,β-unsaturated/α-hetero) is 1. The first-order valence-electron chi connectivity index (χ1n) is 6.68. The van der Waals surface area contributed by atoms with Crippen LogP contribution in [0.15, 0.2) is 35.5 Å². The Kier molecular flexibility index (Phi) is 4.45. The molecule has 0 aliphatic carbocycles. The monoisotopic (exact) mass is 303 g/mol. The van der Waals surface area contributed by atoms with Crippen LogP contribution in [-0.2, 0) is 9.59 Å². The molecule has 0 bridgehead atoms. The Labute approximate surface area is 127 Å². The number of rotatable bonds is 5. The average molecular weight is 303 g/mol. The van der Waals surface area contributed by atoms with Crippen LogP contribution in [0.4, 0.5) is 4.79 Å². The normalized spacial score (nSPS) is 17.5. The Morgan fingerprint density at radius 3 is 2.45 bits per heavy atom. The Bertz CT molecular complexity index is 649. The lowest BCUT2D eigenvalue weighted by Gasteiger charge is -2.28. The average Bonchev–Trinajstić information content (AvgIpc) is 2.44. The summed E-state index contributed by atoms with van der Waals surface area (Å²) in [5.74, 6) is -0.205. The summed E-state index contributed by atoms with van der Waals surface area (Å²) >= 11 is 0. The number of urea groups is 1. The molecule has 116 valence electrons. The van der Waals surface area contributed by atoms with Crippen molar-refractivity contribution in [3.05, 3.63) is 41.1 Å². The fraction of sp³-hybridized carbons (Fsp3) is 0.267. The van der Waals surface area contributed by atoms with Gasteiger partial charge in [0.05, 0.1) is 6.04 Å². The minimum atomic E-state index is -0.563. The molecule has 0 aromatic heterocycles. The Balaban J connectivity index is 2.26. The van der Waals surface area contributed by atoms with E-state index in [9.17, 15) is 14.4 Å². The summed E-state index contributed by atoms with van der Waals surface area (Å²) in [6.45, 7) is 2.93. The van der Waals surface area contributed by atoms with Crippen molar-refractivity contribution in [1.82, 2.24) is 10.6 Å². The number of hydrogen-bond donors (Lipinski definition) is 3. The highest BCUT2D eigenvalue weighted by Crippen LogP contribution is 2.28. The van der Waals surface area contributed by atoms with Crippen molar-refractivity contribution in [1.29, 1.82) is 0 Å². The predicted octanol–water partition coefficient (Wildman–Crippen LogP) is 0.768. The fourth-order valence-electron chi connectivity index (χ4n) is 2.32. The maximum absolute atomic E-state index is 11.8. The minimum absolute atomic E-state index is 0.121. The quantitative estimate of drug-likeness (QED) is 0.746. The van der Waals surface area contributed by atoms with E-state index in [1.807, 2.05) is 0 Å². The van der Waals surface area contributed by atoms with Crippen molar-refractivity contribution in [3.63, 3.8) is 0 Å². The van der Waals surface area contributed by atoms with Gasteiger partial charge in [-0.3, -0.25) is 9.59 Å². The second-order valence-corrected chi connectivity index (χ2v) is 4.95. The van der Waals surface area contributed by atoms with Gasteiger partial charge in [-0.25, -0.2) is 4.79 Å². The molecule has 1 aliphatic rings. The maximum atomic E-state index is 11.8. The van der Waals surface area contributed by atoms with Gasteiger partial charge in [-0.05, 0) is 31.5 Å². The first kappa shape index (κ1) is 15.6. The molecule has 0 saturated carbocycles. The SMILES string of the molecule is CC(=O)C1=C(C)NC(=O)N[C@@H]1c1ccc(OCC(N)=O)cc1. The molecule has 1 heterocycles. The van der Waals surface area contributed by atoms with E-state index in [4.69, 9.17) is 10.5 Å². The number of nitrogens with two attached hydrogens (primary N) is 1. The molecule has 7 heteroatoms. The highest BCUT2D eigenvalue weighted by molar-refractivity contribution is 5.98. The van der Waals surface area contributed by atoms with Crippen LogP contribution in [-0.4, -0.2) is 24.3 Å². The lowest BCUT2D eigenvalue weighted by molar-refractivity contribution is -0.120. The second kappa shape index (κ2) is 6.30. The van der Waals surface area contributed by atoms with Crippen molar-refractivity contribution in [2.24, 2.45) is 5.73 Å². The first-order chi connectivity index (χ1) is 10.4. The van der Waals surface area contributed by atoms with Crippen molar-refractivity contribution in [3.8, 4) is 5.75 Å². The molecular weight excluding hydrogens is 286 g/mol. The van der Waals surface area contributed by atoms with E-state index < -0.39 is 11.9 Å². The van der Waals surface area contributed by atoms with Crippen LogP contribution in [0.25, 0.3) is 0 Å². The number of carbonyl (C=O) groups excluding carboxylic acids is 3. The summed E-state index contributed by atoms with van der Waals surface area (Å²) in [6, 6.07) is 5.88. The molecule has 4 N–H and O–H groups in total. The molecule has 1 aliphatic heterocycles. The summed E-state index contributed by atoms with van der Waals surface area (Å²) in [5.41, 5.74) is 6.79. The largest absolute Gasteiger partial charge is 0.484 e. The standard InChI is InChI=1S/C15H17N3O4/c1-8-13(9(2)19)14(18-15(21)17-8)10-3-5-11(6-4-10)22-7-12(16)20/h3-6,14H,7H2,1-2H3,(H2,16,20)(H2,17,18,21)/t14-/m1/s1. The van der Waals surface area contributed by atoms with Crippen LogP contribution >= 0.6 is 0 Å². The van der Waals surface area contributed by atoms with E-state index >= 15 is 0 Å². The van der Waals surface area contributed by atoms with E-state index in [-0.39, 0.29) is 18.4 Å². The number of hydrogen-bond acceptors (Lipinski definition) is 4. The lowest BCUT2D eigenvalue weighted by atomic mass is 9.93. The van der Waals surface area contributed by atoms with Gasteiger partial charge >= 0.3 is 6.03 Å². The number of nitrogens with one attached hydrogen (secondary N) is 2. The molecule has 1 aromatic rings. The third-order valence-corrected chi connectivity index (χ3v) is 3.24. The van der Waals surface area contributed by atoms with E-state index in [0.717, 1.165) is 5.56 Å². The third-order valence-electron chi connectivity index (χ3n) is 3.24. The van der Waals surface area contributed by atoms with Gasteiger partial charge in [0.15, 0.2) is 12.4 Å². The second-order valence-electron chi connectivity index (χ2n) is 4.95. The number of ketones is 1. The molecule has 0 spiro atoms. The van der Waals surface area contributed by atoms with Crippen LogP contribution < -0.4 is 21.1 Å². The van der Waals surface area contributed by atoms with E-state index in [2.05, 4.69) is 10.6 Å². The molecule has 0 fully saturated rings. The summed E-state index contributed by atoms with van der Waals surface area (Å²) in [5, 5.41) is 5.31. The van der Waals surface area contributed by atoms with Gasteiger partial charge in [0.25, 0.3) is 5.91 Å². The molecule has 3 amide bonds. The minimum Gasteiger partial charge on any atom is -0.484 e. The molecule has 0 saturated heterocycles. The van der Waals surface area contributed by atoms with Gasteiger partial charge in [0.2, 0.25) is 0 Å². The Hall–Kier alpha value is -2.83. The number of carbonyl (C=O) groups is 3. The van der Waals surface area contributed by atoms with Crippen LogP contribution in [0.1, 0.15) is 25.5 Å². The molecule has 7 nitrogen and oxygen atoms in total. The summed E-state index contributed by atoms with van der Waals surface area (Å²) in [7, 11) is 0. The van der Waals surface area contributed by atoms with Gasteiger partial charge in [-0.15, -0.1) is 0 Å². The number of allylic oxidation sites excluding steroid dienone is 1. The lowest BCUT2D eigenvalue weighted by Crippen LogP contribution is -2.44. The molecular formula is C15H17N3O4. The zero-order valence-corrected chi connectivity index (χ0v) is 12.3. The number of benzene rings is 1. The Morgan fingerprint density at radius 2 is 1.91 bits per heavy atom. The molecule has 22 heavy (non-hydrogen) atoms. The van der Waals surface area contributed by atoms with Crippen LogP contribution in [0.5, 0.6) is 5.75 Å². The van der Waals surface area contributed by atoms with Crippen LogP contribution in [0.3, 0.4) is 0 Å². The van der Waals surface area contributed by atoms with Crippen molar-refractivity contribution >= 4 is 17.7 Å². The first-order valence-corrected chi connectivity index (χ1v) is 6.68. The smallest absolute Gasteiger partial charge is 0.319 e. The molecule has 1 atom stereocenters. The topological polar surface area (TPSA) is 111 Å². The van der Waals surface area contributed by atoms with Gasteiger partial charge in [0.1, 0.15) is 5.75 Å². The molecule has 0 radical (unpaired) electrons. The van der Waals surface area contributed by atoms with E-state index in [0.29, 0.717) is 17.0 Å². The van der Waals surface area contributed by atoms with Gasteiger partial charge in [-0.1, -0.05) is 12.1 Å². The predicted molar refractivity (Wildman–Crippen MR) is 78.9 cm³/mol. The number of primary amides is 1. The van der Waals surface area contributed by atoms with E-state index in [1.54, 1.807) is 31.2 Å². The highest BCUT2D eigenvalue weighted by atomic mass is 16.5. The molecule has 1 aromatic carbocycles. The molecule has 2 rings (SSSR count). The Morgan fingerprint density at radius 1 is 1.27 bits per heavy atom. The highest BCUT2D eigenvalue weighted by Gasteiger charge is 2.28. The van der Waals surface area contributed by atoms with Gasteiger partial charge in [0, 0.05) is 11.3 Å². The van der Waals surface area contributed by atoms with Crippen LogP contribution in [0, 0.1) is 0 Å². The van der Waals surface area contributed by atoms with E-state index in [1.165, 1.54) is 6.92 Å². The molecule has 0 unspecified atom stereocenters. The zero-order valence-electron chi connectivity index (χ0n) is 12.3. The van der Waals surface area contributed by atoms with Crippen LogP contribution in [0.2, 0.25) is 0 Å². The fourth-order valence-corrected chi connectivity index (χ4v) is 2.32. The number of ether oxygens (including phenoxy) is 1. The van der Waals surface area contributed by atoms with Crippen molar-refractivity contribution in [2.75, 3.05) is 6.61 Å². The van der Waals surface area contributed by atoms with Gasteiger partial charge < -0.3 is 21.1 Å². The van der Waals surface area contributed by atoms with Crippen molar-refractivity contribution in [2.45, 2.75) is 19.9 Å². The van der Waals surface area contributed by atoms with Crippen molar-refractivity contribution < 1.29 is 19.1 Å². The number of amides is 3. The summed E-state index contributed by atoms with van der Waals surface area (Å²) in [6.07, 6.45) is 0.